The van der Waals surface area contributed by atoms with Crippen LogP contribution < -0.4 is 10.5 Å². The van der Waals surface area contributed by atoms with Crippen molar-refractivity contribution in [3.63, 3.8) is 0 Å². The molecule has 0 atom stereocenters. The predicted octanol–water partition coefficient (Wildman–Crippen LogP) is 2.44. The molecule has 0 spiro atoms. The zero-order valence-electron chi connectivity index (χ0n) is 12.1. The van der Waals surface area contributed by atoms with E-state index in [1.807, 2.05) is 18.2 Å². The van der Waals surface area contributed by atoms with Gasteiger partial charge in [-0.25, -0.2) is 4.98 Å². The second-order valence-corrected chi connectivity index (χ2v) is 5.63. The fraction of sp³-hybridized carbons (Fsp3) is 0.533. The van der Waals surface area contributed by atoms with Crippen LogP contribution >= 0.6 is 0 Å². The zero-order valence-corrected chi connectivity index (χ0v) is 12.1. The quantitative estimate of drug-likeness (QED) is 0.879. The molecule has 0 aliphatic heterocycles. The number of para-hydroxylation sites is 1. The van der Waals surface area contributed by atoms with Crippen molar-refractivity contribution in [3.8, 4) is 5.75 Å². The number of fused-ring (bicyclic) bond motifs is 1. The molecule has 3 rings (SSSR count). The number of nitrogen functional groups attached to an aromatic ring is 1. The molecule has 2 N–H and O–H groups in total. The molecule has 108 valence electrons. The smallest absolute Gasteiger partial charge is 0.201 e. The molecule has 0 bridgehead atoms. The molecule has 5 heteroatoms. The summed E-state index contributed by atoms with van der Waals surface area (Å²) >= 11 is 0. The maximum atomic E-state index is 6.11. The van der Waals surface area contributed by atoms with Crippen molar-refractivity contribution in [1.29, 1.82) is 0 Å². The van der Waals surface area contributed by atoms with Gasteiger partial charge in [0, 0.05) is 20.3 Å². The SMILES string of the molecule is COCCC1(Cn2c(N)nc3c(OC)cccc32)CC1. The Balaban J connectivity index is 1.94. The topological polar surface area (TPSA) is 62.3 Å². The molecule has 1 aromatic heterocycles. The highest BCUT2D eigenvalue weighted by atomic mass is 16.5. The monoisotopic (exact) mass is 275 g/mol. The first-order valence-corrected chi connectivity index (χ1v) is 6.97. The minimum atomic E-state index is 0.334. The van der Waals surface area contributed by atoms with Crippen LogP contribution in [0.15, 0.2) is 18.2 Å². The Morgan fingerprint density at radius 2 is 2.15 bits per heavy atom. The Labute approximate surface area is 118 Å². The van der Waals surface area contributed by atoms with Gasteiger partial charge >= 0.3 is 0 Å². The lowest BCUT2D eigenvalue weighted by Crippen LogP contribution is -2.15. The second-order valence-electron chi connectivity index (χ2n) is 5.63. The van der Waals surface area contributed by atoms with E-state index in [0.717, 1.165) is 36.4 Å². The van der Waals surface area contributed by atoms with Crippen LogP contribution in [-0.4, -0.2) is 30.4 Å². The summed E-state index contributed by atoms with van der Waals surface area (Å²) < 4.78 is 12.7. The van der Waals surface area contributed by atoms with Crippen molar-refractivity contribution in [2.45, 2.75) is 25.8 Å². The van der Waals surface area contributed by atoms with Crippen LogP contribution in [0.1, 0.15) is 19.3 Å². The fourth-order valence-corrected chi connectivity index (χ4v) is 2.79. The number of nitrogens with two attached hydrogens (primary N) is 1. The largest absolute Gasteiger partial charge is 0.494 e. The molecule has 1 saturated carbocycles. The fourth-order valence-electron chi connectivity index (χ4n) is 2.79. The molecule has 0 amide bonds. The Kier molecular flexibility index (Phi) is 3.30. The van der Waals surface area contributed by atoms with E-state index < -0.39 is 0 Å². The summed E-state index contributed by atoms with van der Waals surface area (Å²) in [6.07, 6.45) is 3.55. The van der Waals surface area contributed by atoms with Gasteiger partial charge in [-0.15, -0.1) is 0 Å². The molecule has 2 aromatic rings. The average molecular weight is 275 g/mol. The number of hydrogen-bond acceptors (Lipinski definition) is 4. The Morgan fingerprint density at radius 3 is 2.80 bits per heavy atom. The summed E-state index contributed by atoms with van der Waals surface area (Å²) in [7, 11) is 3.41. The van der Waals surface area contributed by atoms with E-state index in [4.69, 9.17) is 15.2 Å². The zero-order chi connectivity index (χ0) is 14.2. The number of benzene rings is 1. The van der Waals surface area contributed by atoms with Crippen LogP contribution in [0.2, 0.25) is 0 Å². The molecule has 20 heavy (non-hydrogen) atoms. The van der Waals surface area contributed by atoms with Gasteiger partial charge in [0.15, 0.2) is 0 Å². The van der Waals surface area contributed by atoms with Gasteiger partial charge in [-0.1, -0.05) is 6.07 Å². The van der Waals surface area contributed by atoms with Gasteiger partial charge in [0.25, 0.3) is 0 Å². The minimum Gasteiger partial charge on any atom is -0.494 e. The van der Waals surface area contributed by atoms with Crippen molar-refractivity contribution >= 4 is 17.0 Å². The number of nitrogens with zero attached hydrogens (tertiary/aromatic N) is 2. The first-order chi connectivity index (χ1) is 9.69. The Bertz CT molecular complexity index is 617. The van der Waals surface area contributed by atoms with E-state index in [1.165, 1.54) is 12.8 Å². The molecular formula is C15H21N3O2. The lowest BCUT2D eigenvalue weighted by molar-refractivity contribution is 0.167. The average Bonchev–Trinajstić information content (AvgIpc) is 3.16. The third-order valence-corrected chi connectivity index (χ3v) is 4.28. The summed E-state index contributed by atoms with van der Waals surface area (Å²) in [4.78, 5) is 4.46. The van der Waals surface area contributed by atoms with Crippen molar-refractivity contribution in [3.05, 3.63) is 18.2 Å². The highest BCUT2D eigenvalue weighted by molar-refractivity contribution is 5.84. The highest BCUT2D eigenvalue weighted by Gasteiger charge is 2.43. The summed E-state index contributed by atoms with van der Waals surface area (Å²) in [5.74, 6) is 1.34. The first kappa shape index (κ1) is 13.2. The summed E-state index contributed by atoms with van der Waals surface area (Å²) in [6.45, 7) is 1.71. The number of hydrogen-bond donors (Lipinski definition) is 1. The lowest BCUT2D eigenvalue weighted by atomic mass is 10.0. The molecule has 1 heterocycles. The summed E-state index contributed by atoms with van der Waals surface area (Å²) in [6, 6.07) is 5.94. The number of rotatable bonds is 6. The van der Waals surface area contributed by atoms with Crippen LogP contribution in [0.5, 0.6) is 5.75 Å². The van der Waals surface area contributed by atoms with E-state index in [0.29, 0.717) is 11.4 Å². The van der Waals surface area contributed by atoms with Crippen LogP contribution in [0.25, 0.3) is 11.0 Å². The van der Waals surface area contributed by atoms with Crippen molar-refractivity contribution in [2.75, 3.05) is 26.6 Å². The van der Waals surface area contributed by atoms with Crippen molar-refractivity contribution in [1.82, 2.24) is 9.55 Å². The molecule has 0 saturated heterocycles. The molecule has 0 unspecified atom stereocenters. The molecule has 1 aliphatic carbocycles. The maximum Gasteiger partial charge on any atom is 0.201 e. The van der Waals surface area contributed by atoms with Gasteiger partial charge in [0.2, 0.25) is 5.95 Å². The normalized spacial score (nSPS) is 16.5. The van der Waals surface area contributed by atoms with E-state index in [1.54, 1.807) is 14.2 Å². The number of imidazole rings is 1. The van der Waals surface area contributed by atoms with E-state index in [9.17, 15) is 0 Å². The van der Waals surface area contributed by atoms with Gasteiger partial charge in [-0.2, -0.15) is 0 Å². The predicted molar refractivity (Wildman–Crippen MR) is 78.9 cm³/mol. The molecular weight excluding hydrogens is 254 g/mol. The third kappa shape index (κ3) is 2.22. The Hall–Kier alpha value is -1.75. The number of aromatic nitrogens is 2. The van der Waals surface area contributed by atoms with Crippen LogP contribution in [0.3, 0.4) is 0 Å². The van der Waals surface area contributed by atoms with Crippen LogP contribution in [0, 0.1) is 5.41 Å². The standard InChI is InChI=1S/C15H21N3O2/c1-19-9-8-15(6-7-15)10-18-11-4-3-5-12(20-2)13(11)17-14(18)16/h3-5H,6-10H2,1-2H3,(H2,16,17). The number of anilines is 1. The van der Waals surface area contributed by atoms with Gasteiger partial charge in [0.1, 0.15) is 11.3 Å². The van der Waals surface area contributed by atoms with Crippen LogP contribution in [0.4, 0.5) is 5.95 Å². The highest BCUT2D eigenvalue weighted by Crippen LogP contribution is 2.51. The Morgan fingerprint density at radius 1 is 1.35 bits per heavy atom. The minimum absolute atomic E-state index is 0.334. The molecule has 0 radical (unpaired) electrons. The second kappa shape index (κ2) is 4.98. The summed E-state index contributed by atoms with van der Waals surface area (Å²) in [5, 5.41) is 0. The van der Waals surface area contributed by atoms with Gasteiger partial charge in [-0.05, 0) is 36.8 Å². The van der Waals surface area contributed by atoms with Crippen molar-refractivity contribution < 1.29 is 9.47 Å². The molecule has 1 aromatic carbocycles. The van der Waals surface area contributed by atoms with Gasteiger partial charge < -0.3 is 19.8 Å². The number of ether oxygens (including phenoxy) is 2. The van der Waals surface area contributed by atoms with Gasteiger partial charge in [-0.3, -0.25) is 0 Å². The van der Waals surface area contributed by atoms with E-state index in [-0.39, 0.29) is 0 Å². The van der Waals surface area contributed by atoms with E-state index in [2.05, 4.69) is 9.55 Å². The third-order valence-electron chi connectivity index (χ3n) is 4.28. The van der Waals surface area contributed by atoms with Crippen LogP contribution in [-0.2, 0) is 11.3 Å². The lowest BCUT2D eigenvalue weighted by Gasteiger charge is -2.17. The van der Waals surface area contributed by atoms with E-state index >= 15 is 0 Å². The first-order valence-electron chi connectivity index (χ1n) is 6.97. The molecule has 5 nitrogen and oxygen atoms in total. The molecule has 1 aliphatic rings. The van der Waals surface area contributed by atoms with Gasteiger partial charge in [0.05, 0.1) is 12.6 Å². The van der Waals surface area contributed by atoms with Crippen molar-refractivity contribution in [2.24, 2.45) is 5.41 Å². The maximum absolute atomic E-state index is 6.11. The molecule has 1 fully saturated rings. The number of methoxy groups -OCH3 is 2. The summed E-state index contributed by atoms with van der Waals surface area (Å²) in [5.41, 5.74) is 8.33.